The average Bonchev–Trinajstić information content (AvgIpc) is 2.90. The van der Waals surface area contributed by atoms with E-state index in [1.807, 2.05) is 6.07 Å². The predicted molar refractivity (Wildman–Crippen MR) is 141 cm³/mol. The number of rotatable bonds is 10. The normalized spacial score (nSPS) is 13.8. The Balaban J connectivity index is 1.76. The molecule has 8 nitrogen and oxygen atoms in total. The van der Waals surface area contributed by atoms with Crippen LogP contribution in [0.15, 0.2) is 48.8 Å². The summed E-state index contributed by atoms with van der Waals surface area (Å²) < 4.78 is 24.4. The highest BCUT2D eigenvalue weighted by Crippen LogP contribution is 2.34. The van der Waals surface area contributed by atoms with Gasteiger partial charge in [0.1, 0.15) is 34.2 Å². The van der Waals surface area contributed by atoms with Crippen LogP contribution < -0.4 is 14.8 Å². The lowest BCUT2D eigenvalue weighted by atomic mass is 9.92. The fourth-order valence-corrected chi connectivity index (χ4v) is 4.60. The van der Waals surface area contributed by atoms with Crippen molar-refractivity contribution in [1.82, 2.24) is 20.2 Å². The Hall–Kier alpha value is -3.43. The van der Waals surface area contributed by atoms with Crippen LogP contribution in [0.4, 0.5) is 4.39 Å². The molecule has 1 atom stereocenters. The summed E-state index contributed by atoms with van der Waals surface area (Å²) >= 11 is 12.7. The van der Waals surface area contributed by atoms with E-state index in [9.17, 15) is 14.0 Å². The zero-order valence-corrected chi connectivity index (χ0v) is 22.4. The number of hydrogen-bond donors (Lipinski definition) is 1. The lowest BCUT2D eigenvalue weighted by molar-refractivity contribution is -0.127. The first-order valence-electron chi connectivity index (χ1n) is 12.1. The number of hydrogen-bond acceptors (Lipinski definition) is 6. The molecule has 3 aromatic rings. The van der Waals surface area contributed by atoms with Crippen LogP contribution in [-0.2, 0) is 11.2 Å². The molecule has 2 heterocycles. The molecule has 1 aliphatic carbocycles. The van der Waals surface area contributed by atoms with E-state index in [1.165, 1.54) is 24.3 Å². The molecule has 1 aromatic carbocycles. The van der Waals surface area contributed by atoms with Gasteiger partial charge in [-0.1, -0.05) is 29.3 Å². The summed E-state index contributed by atoms with van der Waals surface area (Å²) in [6, 6.07) is 8.19. The molecule has 1 fully saturated rings. The number of nitrogens with one attached hydrogen (secondary N) is 1. The molecule has 1 saturated carbocycles. The third-order valence-electron chi connectivity index (χ3n) is 6.51. The zero-order valence-electron chi connectivity index (χ0n) is 20.9. The maximum Gasteiger partial charge on any atom is 0.273 e. The van der Waals surface area contributed by atoms with Crippen molar-refractivity contribution in [1.29, 1.82) is 0 Å². The Labute approximate surface area is 230 Å². The minimum atomic E-state index is -1.15. The van der Waals surface area contributed by atoms with Crippen molar-refractivity contribution >= 4 is 35.0 Å². The molecule has 1 N–H and O–H groups in total. The molecular formula is C27H27Cl2FN4O4. The van der Waals surface area contributed by atoms with E-state index in [2.05, 4.69) is 15.3 Å². The molecule has 1 unspecified atom stereocenters. The number of nitrogens with zero attached hydrogens (tertiary/aromatic N) is 3. The maximum atomic E-state index is 13.8. The van der Waals surface area contributed by atoms with Crippen molar-refractivity contribution in [3.63, 3.8) is 0 Å². The standard InChI is InChI=1S/C27H27Cl2FN4O4/c1-37-19-8-6-16(22(14-19)38-2)11-13-34(27(36)21-9-7-17(30)15-32-21)24(26(35)33-18-4-3-5-18)20-10-12-31-25(29)23(20)28/h6-10,12,14-15,18,24H,3-5,11,13H2,1-2H3,(H,33,35). The summed E-state index contributed by atoms with van der Waals surface area (Å²) in [6.07, 6.45) is 5.41. The van der Waals surface area contributed by atoms with E-state index < -0.39 is 23.7 Å². The molecule has 2 amide bonds. The third-order valence-corrected chi connectivity index (χ3v) is 7.29. The van der Waals surface area contributed by atoms with Gasteiger partial charge in [0.25, 0.3) is 5.91 Å². The van der Waals surface area contributed by atoms with E-state index in [0.717, 1.165) is 37.1 Å². The fourth-order valence-electron chi connectivity index (χ4n) is 4.22. The summed E-state index contributed by atoms with van der Waals surface area (Å²) in [5.41, 5.74) is 1.08. The molecule has 200 valence electrons. The van der Waals surface area contributed by atoms with Crippen LogP contribution >= 0.6 is 23.2 Å². The summed E-state index contributed by atoms with van der Waals surface area (Å²) in [4.78, 5) is 36.9. The Morgan fingerprint density at radius 3 is 2.55 bits per heavy atom. The number of methoxy groups -OCH3 is 2. The van der Waals surface area contributed by atoms with Crippen LogP contribution in [0.5, 0.6) is 11.5 Å². The van der Waals surface area contributed by atoms with Crippen molar-refractivity contribution in [2.75, 3.05) is 20.8 Å². The largest absolute Gasteiger partial charge is 0.497 e. The van der Waals surface area contributed by atoms with Crippen molar-refractivity contribution in [2.45, 2.75) is 37.8 Å². The van der Waals surface area contributed by atoms with Crippen LogP contribution in [0.1, 0.15) is 46.9 Å². The number of carbonyl (C=O) groups excluding carboxylic acids is 2. The molecule has 0 bridgehead atoms. The minimum Gasteiger partial charge on any atom is -0.497 e. The molecule has 38 heavy (non-hydrogen) atoms. The predicted octanol–water partition coefficient (Wildman–Crippen LogP) is 5.03. The first kappa shape index (κ1) is 27.6. The van der Waals surface area contributed by atoms with Crippen LogP contribution in [0, 0.1) is 5.82 Å². The number of amides is 2. The molecule has 0 saturated heterocycles. The quantitative estimate of drug-likeness (QED) is 0.349. The van der Waals surface area contributed by atoms with E-state index in [4.69, 9.17) is 32.7 Å². The molecular weight excluding hydrogens is 534 g/mol. The van der Waals surface area contributed by atoms with Gasteiger partial charge in [-0.15, -0.1) is 0 Å². The molecule has 2 aromatic heterocycles. The highest BCUT2D eigenvalue weighted by atomic mass is 35.5. The molecule has 0 aliphatic heterocycles. The average molecular weight is 561 g/mol. The molecule has 1 aliphatic rings. The van der Waals surface area contributed by atoms with Crippen molar-refractivity contribution in [3.05, 3.63) is 81.6 Å². The summed E-state index contributed by atoms with van der Waals surface area (Å²) in [5.74, 6) is -0.382. The third kappa shape index (κ3) is 6.16. The van der Waals surface area contributed by atoms with Gasteiger partial charge in [0.15, 0.2) is 0 Å². The second-order valence-electron chi connectivity index (χ2n) is 8.83. The van der Waals surface area contributed by atoms with Gasteiger partial charge in [-0.2, -0.15) is 0 Å². The van der Waals surface area contributed by atoms with Gasteiger partial charge >= 0.3 is 0 Å². The number of aromatic nitrogens is 2. The SMILES string of the molecule is COc1ccc(CCN(C(=O)c2ccc(F)cn2)C(C(=O)NC2CCC2)c2ccnc(Cl)c2Cl)c(OC)c1. The monoisotopic (exact) mass is 560 g/mol. The van der Waals surface area contributed by atoms with Crippen molar-refractivity contribution < 1.29 is 23.5 Å². The highest BCUT2D eigenvalue weighted by Gasteiger charge is 2.36. The lowest BCUT2D eigenvalue weighted by Gasteiger charge is -2.35. The molecule has 0 radical (unpaired) electrons. The van der Waals surface area contributed by atoms with Crippen LogP contribution in [-0.4, -0.2) is 53.5 Å². The van der Waals surface area contributed by atoms with Crippen molar-refractivity contribution in [3.8, 4) is 11.5 Å². The van der Waals surface area contributed by atoms with E-state index >= 15 is 0 Å². The molecule has 4 rings (SSSR count). The van der Waals surface area contributed by atoms with Gasteiger partial charge < -0.3 is 19.7 Å². The highest BCUT2D eigenvalue weighted by molar-refractivity contribution is 6.41. The zero-order chi connectivity index (χ0) is 27.2. The molecule has 11 heteroatoms. The number of pyridine rings is 2. The Kier molecular flexibility index (Phi) is 9.01. The number of halogens is 3. The number of ether oxygens (including phenoxy) is 2. The maximum absolute atomic E-state index is 13.8. The van der Waals surface area contributed by atoms with Crippen LogP contribution in [0.25, 0.3) is 0 Å². The van der Waals surface area contributed by atoms with E-state index in [1.54, 1.807) is 25.3 Å². The topological polar surface area (TPSA) is 93.7 Å². The summed E-state index contributed by atoms with van der Waals surface area (Å²) in [6.45, 7) is 0.0829. The van der Waals surface area contributed by atoms with Gasteiger partial charge in [0.05, 0.1) is 25.4 Å². The summed E-state index contributed by atoms with van der Waals surface area (Å²) in [7, 11) is 3.09. The Morgan fingerprint density at radius 1 is 1.13 bits per heavy atom. The Bertz CT molecular complexity index is 1300. The Morgan fingerprint density at radius 2 is 1.92 bits per heavy atom. The first-order valence-corrected chi connectivity index (χ1v) is 12.8. The van der Waals surface area contributed by atoms with Gasteiger partial charge in [0.2, 0.25) is 5.91 Å². The minimum absolute atomic E-state index is 0.00339. The first-order chi connectivity index (χ1) is 18.3. The van der Waals surface area contributed by atoms with Crippen LogP contribution in [0.3, 0.4) is 0 Å². The number of carbonyl (C=O) groups is 2. The van der Waals surface area contributed by atoms with Gasteiger partial charge in [0, 0.05) is 30.4 Å². The lowest BCUT2D eigenvalue weighted by Crippen LogP contribution is -2.49. The summed E-state index contributed by atoms with van der Waals surface area (Å²) in [5, 5.41) is 3.09. The van der Waals surface area contributed by atoms with Gasteiger partial charge in [-0.05, 0) is 55.5 Å². The van der Waals surface area contributed by atoms with Crippen molar-refractivity contribution in [2.24, 2.45) is 0 Å². The van der Waals surface area contributed by atoms with Gasteiger partial charge in [-0.25, -0.2) is 14.4 Å². The molecule has 0 spiro atoms. The van der Waals surface area contributed by atoms with Crippen LogP contribution in [0.2, 0.25) is 10.2 Å². The van der Waals surface area contributed by atoms with E-state index in [-0.39, 0.29) is 28.5 Å². The second-order valence-corrected chi connectivity index (χ2v) is 9.57. The smallest absolute Gasteiger partial charge is 0.273 e. The fraction of sp³-hybridized carbons (Fsp3) is 0.333. The van der Waals surface area contributed by atoms with Gasteiger partial charge in [-0.3, -0.25) is 9.59 Å². The van der Waals surface area contributed by atoms with E-state index in [0.29, 0.717) is 23.5 Å². The number of benzene rings is 1. The second kappa shape index (κ2) is 12.4.